The summed E-state index contributed by atoms with van der Waals surface area (Å²) >= 11 is 0. The van der Waals surface area contributed by atoms with E-state index in [1.165, 1.54) is 10.2 Å². The van der Waals surface area contributed by atoms with Crippen LogP contribution in [0.1, 0.15) is 22.4 Å². The first-order chi connectivity index (χ1) is 18.8. The molecule has 0 fully saturated rings. The highest BCUT2D eigenvalue weighted by atomic mass is 32.2. The van der Waals surface area contributed by atoms with Gasteiger partial charge in [0, 0.05) is 23.7 Å². The Morgan fingerprint density at radius 2 is 1.77 bits per heavy atom. The van der Waals surface area contributed by atoms with Crippen LogP contribution in [0.2, 0.25) is 0 Å². The topological polar surface area (TPSA) is 125 Å². The molecule has 9 heteroatoms. The van der Waals surface area contributed by atoms with Gasteiger partial charge in [0.15, 0.2) is 5.65 Å². The van der Waals surface area contributed by atoms with Gasteiger partial charge in [-0.1, -0.05) is 54.1 Å². The molecular weight excluding hydrogens is 514 g/mol. The summed E-state index contributed by atoms with van der Waals surface area (Å²) in [7, 11) is -3.93. The average molecular weight is 542 g/mol. The molecule has 3 N–H and O–H groups in total. The van der Waals surface area contributed by atoms with Crippen LogP contribution < -0.4 is 10.5 Å². The zero-order chi connectivity index (χ0) is 27.6. The fourth-order valence-electron chi connectivity index (χ4n) is 4.44. The van der Waals surface area contributed by atoms with Crippen LogP contribution in [-0.4, -0.2) is 28.5 Å². The monoisotopic (exact) mass is 541 g/mol. The van der Waals surface area contributed by atoms with E-state index >= 15 is 0 Å². The Morgan fingerprint density at radius 1 is 1.00 bits per heavy atom. The predicted octanol–water partition coefficient (Wildman–Crippen LogP) is 4.91. The highest BCUT2D eigenvalue weighted by Crippen LogP contribution is 2.32. The Hall–Kier alpha value is -4.47. The molecule has 5 rings (SSSR count). The van der Waals surface area contributed by atoms with Gasteiger partial charge in [0.25, 0.3) is 10.0 Å². The van der Waals surface area contributed by atoms with E-state index < -0.39 is 16.0 Å². The summed E-state index contributed by atoms with van der Waals surface area (Å²) in [4.78, 5) is 16.1. The van der Waals surface area contributed by atoms with Crippen LogP contribution in [0.4, 0.5) is 0 Å². The number of fused-ring (bicyclic) bond motifs is 1. The minimum atomic E-state index is -3.93. The highest BCUT2D eigenvalue weighted by molar-refractivity contribution is 7.90. The molecule has 0 saturated heterocycles. The van der Waals surface area contributed by atoms with Crippen LogP contribution in [0.3, 0.4) is 0 Å². The summed E-state index contributed by atoms with van der Waals surface area (Å²) in [5, 5.41) is 9.92. The number of para-hydroxylation sites is 1. The molecule has 2 heterocycles. The summed E-state index contributed by atoms with van der Waals surface area (Å²) in [6, 6.07) is 24.9. The minimum absolute atomic E-state index is 0.00586. The summed E-state index contributed by atoms with van der Waals surface area (Å²) in [5.41, 5.74) is 10.7. The van der Waals surface area contributed by atoms with Crippen LogP contribution in [-0.2, 0) is 34.4 Å². The smallest absolute Gasteiger partial charge is 0.307 e. The van der Waals surface area contributed by atoms with Crippen molar-refractivity contribution in [2.24, 2.45) is 5.73 Å². The second-order valence-corrected chi connectivity index (χ2v) is 11.0. The molecule has 5 aromatic rings. The van der Waals surface area contributed by atoms with Crippen LogP contribution in [0, 0.1) is 6.92 Å². The van der Waals surface area contributed by atoms with Gasteiger partial charge in [0.2, 0.25) is 0 Å². The molecular formula is C30H27N3O5S. The van der Waals surface area contributed by atoms with Gasteiger partial charge in [-0.15, -0.1) is 0 Å². The number of carboxylic acid groups (broad SMARTS) is 1. The molecule has 0 aliphatic rings. The van der Waals surface area contributed by atoms with E-state index in [4.69, 9.17) is 15.5 Å². The summed E-state index contributed by atoms with van der Waals surface area (Å²) in [6.07, 6.45) is 1.33. The first-order valence-corrected chi connectivity index (χ1v) is 13.8. The van der Waals surface area contributed by atoms with Gasteiger partial charge in [-0.2, -0.15) is 0 Å². The van der Waals surface area contributed by atoms with E-state index in [0.29, 0.717) is 28.9 Å². The van der Waals surface area contributed by atoms with Crippen molar-refractivity contribution in [1.82, 2.24) is 8.96 Å². The molecule has 2 aromatic heterocycles. The summed E-state index contributed by atoms with van der Waals surface area (Å²) in [5.74, 6) is -0.539. The Balaban J connectivity index is 1.63. The third-order valence-corrected chi connectivity index (χ3v) is 8.10. The number of aryl methyl sites for hydroxylation is 1. The van der Waals surface area contributed by atoms with Crippen LogP contribution >= 0.6 is 0 Å². The number of rotatable bonds is 9. The zero-order valence-electron chi connectivity index (χ0n) is 21.2. The van der Waals surface area contributed by atoms with Gasteiger partial charge >= 0.3 is 5.97 Å². The SMILES string of the molecule is Cc1ccc(S(=O)(=O)n2ccc3c(-c4cccc(CN)c4)cc(COc4ccccc4CC(=O)O)nc32)cc1. The lowest BCUT2D eigenvalue weighted by atomic mass is 10.0. The maximum absolute atomic E-state index is 13.6. The molecule has 0 radical (unpaired) electrons. The van der Waals surface area contributed by atoms with Crippen molar-refractivity contribution >= 4 is 27.0 Å². The fourth-order valence-corrected chi connectivity index (χ4v) is 5.74. The number of benzene rings is 3. The molecule has 198 valence electrons. The summed E-state index contributed by atoms with van der Waals surface area (Å²) < 4.78 is 34.4. The third-order valence-electron chi connectivity index (χ3n) is 6.42. The number of carbonyl (C=O) groups is 1. The predicted molar refractivity (Wildman–Crippen MR) is 149 cm³/mol. The number of hydrogen-bond acceptors (Lipinski definition) is 6. The molecule has 39 heavy (non-hydrogen) atoms. The zero-order valence-corrected chi connectivity index (χ0v) is 22.1. The lowest BCUT2D eigenvalue weighted by Crippen LogP contribution is -2.13. The molecule has 0 atom stereocenters. The first-order valence-electron chi connectivity index (χ1n) is 12.3. The van der Waals surface area contributed by atoms with Crippen molar-refractivity contribution < 1.29 is 23.1 Å². The van der Waals surface area contributed by atoms with Gasteiger partial charge in [0.05, 0.1) is 17.0 Å². The largest absolute Gasteiger partial charge is 0.487 e. The van der Waals surface area contributed by atoms with E-state index in [9.17, 15) is 18.3 Å². The van der Waals surface area contributed by atoms with Crippen molar-refractivity contribution in [3.63, 3.8) is 0 Å². The second kappa shape index (κ2) is 10.7. The van der Waals surface area contributed by atoms with E-state index in [1.54, 1.807) is 54.6 Å². The number of nitrogens with zero attached hydrogens (tertiary/aromatic N) is 2. The minimum Gasteiger partial charge on any atom is -0.487 e. The number of aliphatic carboxylic acids is 1. The van der Waals surface area contributed by atoms with E-state index in [2.05, 4.69) is 0 Å². The molecule has 0 saturated carbocycles. The first kappa shape index (κ1) is 26.1. The molecule has 0 spiro atoms. The van der Waals surface area contributed by atoms with Crippen molar-refractivity contribution in [1.29, 1.82) is 0 Å². The van der Waals surface area contributed by atoms with E-state index in [-0.39, 0.29) is 23.6 Å². The van der Waals surface area contributed by atoms with Crippen LogP contribution in [0.5, 0.6) is 5.75 Å². The Kier molecular flexibility index (Phi) is 7.19. The third kappa shape index (κ3) is 5.41. The van der Waals surface area contributed by atoms with Crippen molar-refractivity contribution in [2.75, 3.05) is 0 Å². The van der Waals surface area contributed by atoms with Gasteiger partial charge in [-0.25, -0.2) is 17.4 Å². The number of hydrogen-bond donors (Lipinski definition) is 2. The van der Waals surface area contributed by atoms with Crippen LogP contribution in [0.25, 0.3) is 22.2 Å². The Labute approximate surface area is 226 Å². The Morgan fingerprint density at radius 3 is 2.51 bits per heavy atom. The van der Waals surface area contributed by atoms with Crippen molar-refractivity contribution in [2.45, 2.75) is 31.4 Å². The maximum Gasteiger partial charge on any atom is 0.307 e. The van der Waals surface area contributed by atoms with E-state index in [1.807, 2.05) is 37.3 Å². The average Bonchev–Trinajstić information content (AvgIpc) is 3.37. The van der Waals surface area contributed by atoms with Gasteiger partial charge in [-0.05, 0) is 60.0 Å². The van der Waals surface area contributed by atoms with Gasteiger partial charge < -0.3 is 15.6 Å². The lowest BCUT2D eigenvalue weighted by molar-refractivity contribution is -0.136. The lowest BCUT2D eigenvalue weighted by Gasteiger charge is -2.13. The molecule has 0 bridgehead atoms. The van der Waals surface area contributed by atoms with Crippen molar-refractivity contribution in [3.8, 4) is 16.9 Å². The van der Waals surface area contributed by atoms with E-state index in [0.717, 1.165) is 22.3 Å². The second-order valence-electron chi connectivity index (χ2n) is 9.20. The fraction of sp³-hybridized carbons (Fsp3) is 0.133. The van der Waals surface area contributed by atoms with Crippen LogP contribution in [0.15, 0.2) is 96.0 Å². The summed E-state index contributed by atoms with van der Waals surface area (Å²) in [6.45, 7) is 2.26. The standard InChI is InChI=1S/C30H27N3O5S/c1-20-9-11-25(12-10-20)39(36,37)33-14-13-26-27(22-7-4-5-21(15-22)18-31)17-24(32-30(26)33)19-38-28-8-3-2-6-23(28)16-29(34)35/h2-15,17H,16,18-19,31H2,1H3,(H,34,35). The molecule has 0 amide bonds. The number of ether oxygens (including phenoxy) is 1. The number of pyridine rings is 1. The van der Waals surface area contributed by atoms with Crippen molar-refractivity contribution in [3.05, 3.63) is 114 Å². The highest BCUT2D eigenvalue weighted by Gasteiger charge is 2.22. The maximum atomic E-state index is 13.6. The van der Waals surface area contributed by atoms with Gasteiger partial charge in [0.1, 0.15) is 12.4 Å². The number of aromatic nitrogens is 2. The molecule has 3 aromatic carbocycles. The van der Waals surface area contributed by atoms with Gasteiger partial charge in [-0.3, -0.25) is 4.79 Å². The molecule has 0 unspecified atom stereocenters. The molecule has 0 aliphatic heterocycles. The molecule has 0 aliphatic carbocycles. The normalized spacial score (nSPS) is 11.5. The Bertz CT molecular complexity index is 1780. The number of carboxylic acids is 1. The molecule has 8 nitrogen and oxygen atoms in total. The quantitative estimate of drug-likeness (QED) is 0.272. The number of nitrogens with two attached hydrogens (primary N) is 1.